The molecule has 144 valence electrons. The van der Waals surface area contributed by atoms with E-state index in [4.69, 9.17) is 4.74 Å². The predicted octanol–water partition coefficient (Wildman–Crippen LogP) is 4.50. The summed E-state index contributed by atoms with van der Waals surface area (Å²) in [4.78, 5) is 16.4. The summed E-state index contributed by atoms with van der Waals surface area (Å²) in [5.74, 6) is -0.211. The Balaban J connectivity index is 1.54. The smallest absolute Gasteiger partial charge is 0.412 e. The van der Waals surface area contributed by atoms with E-state index in [2.05, 4.69) is 15.1 Å². The quantitative estimate of drug-likeness (QED) is 0.863. The van der Waals surface area contributed by atoms with Crippen molar-refractivity contribution in [3.05, 3.63) is 54.3 Å². The number of carbonyl (C=O) groups is 1. The molecular weight excluding hydrogens is 345 g/mol. The van der Waals surface area contributed by atoms with E-state index in [0.717, 1.165) is 37.6 Å². The van der Waals surface area contributed by atoms with Gasteiger partial charge in [-0.25, -0.2) is 9.18 Å². The Bertz CT molecular complexity index is 762. The van der Waals surface area contributed by atoms with E-state index in [1.165, 1.54) is 12.1 Å². The Labute approximate surface area is 159 Å². The molecule has 27 heavy (non-hydrogen) atoms. The van der Waals surface area contributed by atoms with Crippen molar-refractivity contribution in [3.8, 4) is 0 Å². The van der Waals surface area contributed by atoms with Crippen LogP contribution < -0.4 is 15.1 Å². The van der Waals surface area contributed by atoms with Crippen molar-refractivity contribution in [2.24, 2.45) is 0 Å². The first kappa shape index (κ1) is 19.0. The molecule has 1 saturated heterocycles. The van der Waals surface area contributed by atoms with Gasteiger partial charge in [0, 0.05) is 43.2 Å². The van der Waals surface area contributed by atoms with Crippen LogP contribution in [-0.2, 0) is 4.74 Å². The summed E-state index contributed by atoms with van der Waals surface area (Å²) < 4.78 is 18.3. The molecule has 0 bridgehead atoms. The summed E-state index contributed by atoms with van der Waals surface area (Å²) in [5, 5.41) is 2.74. The zero-order valence-corrected chi connectivity index (χ0v) is 16.0. The van der Waals surface area contributed by atoms with Crippen molar-refractivity contribution in [2.45, 2.75) is 26.4 Å². The maximum absolute atomic E-state index is 13.1. The van der Waals surface area contributed by atoms with Crippen LogP contribution in [0.25, 0.3) is 0 Å². The molecule has 1 aliphatic heterocycles. The minimum atomic E-state index is -0.520. The average molecular weight is 371 g/mol. The largest absolute Gasteiger partial charge is 0.444 e. The zero-order chi connectivity index (χ0) is 19.4. The van der Waals surface area contributed by atoms with Crippen molar-refractivity contribution >= 4 is 23.2 Å². The lowest BCUT2D eigenvalue weighted by Gasteiger charge is -2.37. The molecule has 6 heteroatoms. The number of halogens is 1. The lowest BCUT2D eigenvalue weighted by Crippen LogP contribution is -2.46. The Hall–Kier alpha value is -2.76. The number of nitrogens with zero attached hydrogens (tertiary/aromatic N) is 2. The van der Waals surface area contributed by atoms with Crippen molar-refractivity contribution in [1.29, 1.82) is 0 Å². The van der Waals surface area contributed by atoms with Gasteiger partial charge in [-0.1, -0.05) is 0 Å². The van der Waals surface area contributed by atoms with Crippen molar-refractivity contribution in [1.82, 2.24) is 0 Å². The molecule has 0 spiro atoms. The molecule has 2 aromatic carbocycles. The summed E-state index contributed by atoms with van der Waals surface area (Å²) in [5.41, 5.74) is 2.35. The highest BCUT2D eigenvalue weighted by Gasteiger charge is 2.18. The second kappa shape index (κ2) is 7.86. The molecule has 5 nitrogen and oxygen atoms in total. The number of anilines is 3. The summed E-state index contributed by atoms with van der Waals surface area (Å²) in [6, 6.07) is 14.4. The van der Waals surface area contributed by atoms with Crippen LogP contribution in [0.3, 0.4) is 0 Å². The van der Waals surface area contributed by atoms with Crippen LogP contribution in [0.15, 0.2) is 48.5 Å². The summed E-state index contributed by atoms with van der Waals surface area (Å²) in [7, 11) is 0. The number of rotatable bonds is 3. The molecule has 0 saturated carbocycles. The zero-order valence-electron chi connectivity index (χ0n) is 16.0. The van der Waals surface area contributed by atoms with Crippen molar-refractivity contribution in [2.75, 3.05) is 41.3 Å². The van der Waals surface area contributed by atoms with Gasteiger partial charge in [0.2, 0.25) is 0 Å². The van der Waals surface area contributed by atoms with E-state index >= 15 is 0 Å². The SMILES string of the molecule is CC(C)(C)OC(=O)Nc1ccc(N2CCN(c3ccc(F)cc3)CC2)cc1. The topological polar surface area (TPSA) is 44.8 Å². The molecule has 1 aliphatic rings. The van der Waals surface area contributed by atoms with E-state index in [9.17, 15) is 9.18 Å². The van der Waals surface area contributed by atoms with Crippen molar-refractivity contribution < 1.29 is 13.9 Å². The molecule has 3 rings (SSSR count). The van der Waals surface area contributed by atoms with E-state index in [0.29, 0.717) is 5.69 Å². The Kier molecular flexibility index (Phi) is 5.54. The normalized spacial score (nSPS) is 14.8. The second-order valence-electron chi connectivity index (χ2n) is 7.62. The van der Waals surface area contributed by atoms with Gasteiger partial charge >= 0.3 is 6.09 Å². The first-order valence-electron chi connectivity index (χ1n) is 9.16. The highest BCUT2D eigenvalue weighted by Crippen LogP contribution is 2.22. The molecule has 0 atom stereocenters. The van der Waals surface area contributed by atoms with E-state index in [1.807, 2.05) is 57.2 Å². The molecular formula is C21H26FN3O2. The van der Waals surface area contributed by atoms with E-state index in [-0.39, 0.29) is 5.82 Å². The standard InChI is InChI=1S/C21H26FN3O2/c1-21(2,3)27-20(26)23-17-6-10-19(11-7-17)25-14-12-24(13-15-25)18-8-4-16(22)5-9-18/h4-11H,12-15H2,1-3H3,(H,23,26). The van der Waals surface area contributed by atoms with Gasteiger partial charge in [0.15, 0.2) is 0 Å². The number of amides is 1. The Morgan fingerprint density at radius 3 is 1.78 bits per heavy atom. The fourth-order valence-electron chi connectivity index (χ4n) is 3.05. The monoisotopic (exact) mass is 371 g/mol. The van der Waals surface area contributed by atoms with Gasteiger partial charge in [-0.3, -0.25) is 5.32 Å². The fraction of sp³-hybridized carbons (Fsp3) is 0.381. The third kappa shape index (κ3) is 5.36. The highest BCUT2D eigenvalue weighted by atomic mass is 19.1. The first-order valence-corrected chi connectivity index (χ1v) is 9.16. The number of benzene rings is 2. The van der Waals surface area contributed by atoms with Crippen molar-refractivity contribution in [3.63, 3.8) is 0 Å². The molecule has 1 amide bonds. The minimum Gasteiger partial charge on any atom is -0.444 e. The Morgan fingerprint density at radius 1 is 0.889 bits per heavy atom. The fourth-order valence-corrected chi connectivity index (χ4v) is 3.05. The second-order valence-corrected chi connectivity index (χ2v) is 7.62. The molecule has 1 fully saturated rings. The van der Waals surface area contributed by atoms with Crippen LogP contribution in [0.2, 0.25) is 0 Å². The molecule has 1 N–H and O–H groups in total. The molecule has 0 unspecified atom stereocenters. The number of hydrogen-bond acceptors (Lipinski definition) is 4. The third-order valence-electron chi connectivity index (χ3n) is 4.35. The van der Waals surface area contributed by atoms with Gasteiger partial charge in [0.25, 0.3) is 0 Å². The molecule has 2 aromatic rings. The summed E-state index contributed by atoms with van der Waals surface area (Å²) in [6.07, 6.45) is -0.455. The number of nitrogens with one attached hydrogen (secondary N) is 1. The van der Waals surface area contributed by atoms with E-state index in [1.54, 1.807) is 0 Å². The van der Waals surface area contributed by atoms with Crippen LogP contribution >= 0.6 is 0 Å². The van der Waals surface area contributed by atoms with Crippen LogP contribution in [0.1, 0.15) is 20.8 Å². The number of ether oxygens (including phenoxy) is 1. The average Bonchev–Trinajstić information content (AvgIpc) is 2.62. The molecule has 0 aliphatic carbocycles. The predicted molar refractivity (Wildman–Crippen MR) is 107 cm³/mol. The van der Waals surface area contributed by atoms with E-state index < -0.39 is 11.7 Å². The number of carbonyl (C=O) groups excluding carboxylic acids is 1. The molecule has 0 radical (unpaired) electrons. The van der Waals surface area contributed by atoms with Crippen LogP contribution in [0, 0.1) is 5.82 Å². The van der Waals surface area contributed by atoms with Gasteiger partial charge in [-0.15, -0.1) is 0 Å². The van der Waals surface area contributed by atoms with Gasteiger partial charge in [0.1, 0.15) is 11.4 Å². The maximum Gasteiger partial charge on any atom is 0.412 e. The van der Waals surface area contributed by atoms with Crippen LogP contribution in [0.4, 0.5) is 26.2 Å². The number of hydrogen-bond donors (Lipinski definition) is 1. The van der Waals surface area contributed by atoms with Crippen LogP contribution in [-0.4, -0.2) is 37.9 Å². The molecule has 1 heterocycles. The molecule has 0 aromatic heterocycles. The lowest BCUT2D eigenvalue weighted by atomic mass is 10.2. The van der Waals surface area contributed by atoms with Gasteiger partial charge in [-0.2, -0.15) is 0 Å². The minimum absolute atomic E-state index is 0.211. The van der Waals surface area contributed by atoms with Crippen LogP contribution in [0.5, 0.6) is 0 Å². The number of piperazine rings is 1. The highest BCUT2D eigenvalue weighted by molar-refractivity contribution is 5.85. The lowest BCUT2D eigenvalue weighted by molar-refractivity contribution is 0.0636. The Morgan fingerprint density at radius 2 is 1.33 bits per heavy atom. The van der Waals surface area contributed by atoms with Gasteiger partial charge < -0.3 is 14.5 Å². The summed E-state index contributed by atoms with van der Waals surface area (Å²) in [6.45, 7) is 9.03. The van der Waals surface area contributed by atoms with Gasteiger partial charge in [-0.05, 0) is 69.3 Å². The van der Waals surface area contributed by atoms with Gasteiger partial charge in [0.05, 0.1) is 0 Å². The maximum atomic E-state index is 13.1. The third-order valence-corrected chi connectivity index (χ3v) is 4.35. The first-order chi connectivity index (χ1) is 12.8. The summed E-state index contributed by atoms with van der Waals surface area (Å²) >= 11 is 0.